The zero-order chi connectivity index (χ0) is 17.3. The van der Waals surface area contributed by atoms with Gasteiger partial charge in [0.05, 0.1) is 9.99 Å². The summed E-state index contributed by atoms with van der Waals surface area (Å²) in [6.07, 6.45) is 0. The molecule has 0 amide bonds. The van der Waals surface area contributed by atoms with Crippen LogP contribution < -0.4 is 10.2 Å². The van der Waals surface area contributed by atoms with Crippen molar-refractivity contribution in [2.45, 2.75) is 13.5 Å². The second-order valence-electron chi connectivity index (χ2n) is 5.33. The fraction of sp³-hybridized carbons (Fsp3) is 0.111. The van der Waals surface area contributed by atoms with Gasteiger partial charge in [-0.2, -0.15) is 0 Å². The van der Waals surface area contributed by atoms with Gasteiger partial charge in [-0.1, -0.05) is 30.3 Å². The van der Waals surface area contributed by atoms with Gasteiger partial charge in [-0.15, -0.1) is 0 Å². The van der Waals surface area contributed by atoms with Crippen LogP contribution in [-0.2, 0) is 6.61 Å². The largest absolute Gasteiger partial charge is 0.486 e. The van der Waals surface area contributed by atoms with Crippen molar-refractivity contribution in [2.24, 2.45) is 0 Å². The minimum absolute atomic E-state index is 0.129. The first-order valence-corrected chi connectivity index (χ1v) is 8.03. The molecular weight excluding hydrogens is 374 g/mol. The van der Waals surface area contributed by atoms with Crippen LogP contribution in [0.15, 0.2) is 51.7 Å². The molecule has 2 N–H and O–H groups in total. The number of carbonyl (C=O) groups is 1. The number of carboxylic acids is 1. The Hall–Kier alpha value is -2.60. The number of ether oxygens (including phenoxy) is 1. The van der Waals surface area contributed by atoms with Crippen molar-refractivity contribution in [3.05, 3.63) is 74.0 Å². The summed E-state index contributed by atoms with van der Waals surface area (Å²) in [4.78, 5) is 26.6. The Balaban J connectivity index is 2.14. The molecule has 0 fully saturated rings. The van der Waals surface area contributed by atoms with Gasteiger partial charge in [0.1, 0.15) is 12.3 Å². The van der Waals surface area contributed by atoms with Crippen molar-refractivity contribution >= 4 is 32.8 Å². The number of aromatic amines is 1. The van der Waals surface area contributed by atoms with Gasteiger partial charge in [0, 0.05) is 10.9 Å². The molecule has 0 bridgehead atoms. The maximum atomic E-state index is 12.4. The second kappa shape index (κ2) is 6.49. The molecule has 0 saturated heterocycles. The van der Waals surface area contributed by atoms with E-state index < -0.39 is 5.97 Å². The smallest absolute Gasteiger partial charge is 0.352 e. The van der Waals surface area contributed by atoms with E-state index >= 15 is 0 Å². The van der Waals surface area contributed by atoms with Gasteiger partial charge in [-0.3, -0.25) is 4.79 Å². The number of fused-ring (bicyclic) bond motifs is 1. The first kappa shape index (κ1) is 16.3. The highest BCUT2D eigenvalue weighted by Crippen LogP contribution is 2.32. The Morgan fingerprint density at radius 1 is 1.21 bits per heavy atom. The fourth-order valence-electron chi connectivity index (χ4n) is 2.49. The van der Waals surface area contributed by atoms with E-state index in [4.69, 9.17) is 4.74 Å². The Morgan fingerprint density at radius 3 is 2.58 bits per heavy atom. The molecule has 6 heteroatoms. The van der Waals surface area contributed by atoms with Crippen LogP contribution in [0.1, 0.15) is 21.6 Å². The molecule has 0 aliphatic carbocycles. The Bertz CT molecular complexity index is 980. The molecule has 0 saturated carbocycles. The van der Waals surface area contributed by atoms with Crippen LogP contribution in [0.3, 0.4) is 0 Å². The number of pyridine rings is 1. The third kappa shape index (κ3) is 2.92. The van der Waals surface area contributed by atoms with Crippen LogP contribution in [0.4, 0.5) is 0 Å². The van der Waals surface area contributed by atoms with E-state index in [-0.39, 0.29) is 16.7 Å². The Labute approximate surface area is 146 Å². The van der Waals surface area contributed by atoms with E-state index in [2.05, 4.69) is 20.9 Å². The summed E-state index contributed by atoms with van der Waals surface area (Å²) in [5, 5.41) is 9.69. The van der Waals surface area contributed by atoms with Crippen LogP contribution >= 0.6 is 15.9 Å². The van der Waals surface area contributed by atoms with Crippen LogP contribution in [0, 0.1) is 6.92 Å². The molecule has 0 radical (unpaired) electrons. The van der Waals surface area contributed by atoms with Gasteiger partial charge in [0.2, 0.25) is 0 Å². The molecule has 0 aliphatic heterocycles. The quantitative estimate of drug-likeness (QED) is 0.711. The van der Waals surface area contributed by atoms with E-state index in [0.717, 1.165) is 5.56 Å². The molecule has 24 heavy (non-hydrogen) atoms. The third-order valence-electron chi connectivity index (χ3n) is 3.76. The first-order chi connectivity index (χ1) is 11.5. The predicted molar refractivity (Wildman–Crippen MR) is 94.7 cm³/mol. The molecule has 3 aromatic rings. The number of H-pyrrole nitrogens is 1. The van der Waals surface area contributed by atoms with Gasteiger partial charge >= 0.3 is 5.97 Å². The highest BCUT2D eigenvalue weighted by Gasteiger charge is 2.17. The number of hydrogen-bond acceptors (Lipinski definition) is 3. The summed E-state index contributed by atoms with van der Waals surface area (Å²) in [7, 11) is 0. The molecular formula is C18H14BrNO4. The lowest BCUT2D eigenvalue weighted by molar-refractivity contribution is 0.0690. The summed E-state index contributed by atoms with van der Waals surface area (Å²) in [5.41, 5.74) is 1.06. The van der Waals surface area contributed by atoms with E-state index in [1.54, 1.807) is 12.1 Å². The van der Waals surface area contributed by atoms with E-state index in [1.807, 2.05) is 30.3 Å². The van der Waals surface area contributed by atoms with Gasteiger partial charge in [-0.05, 0) is 40.5 Å². The molecule has 5 nitrogen and oxygen atoms in total. The first-order valence-electron chi connectivity index (χ1n) is 7.24. The fourth-order valence-corrected chi connectivity index (χ4v) is 2.93. The summed E-state index contributed by atoms with van der Waals surface area (Å²) in [5.74, 6) is -0.767. The maximum Gasteiger partial charge on any atom is 0.352 e. The monoisotopic (exact) mass is 387 g/mol. The van der Waals surface area contributed by atoms with Crippen molar-refractivity contribution in [1.29, 1.82) is 0 Å². The van der Waals surface area contributed by atoms with Crippen molar-refractivity contribution in [1.82, 2.24) is 4.98 Å². The van der Waals surface area contributed by atoms with Crippen LogP contribution in [0.5, 0.6) is 5.75 Å². The minimum atomic E-state index is -1.18. The molecule has 1 heterocycles. The van der Waals surface area contributed by atoms with E-state index in [1.165, 1.54) is 6.92 Å². The predicted octanol–water partition coefficient (Wildman–Crippen LogP) is 3.88. The average Bonchev–Trinajstić information content (AvgIpc) is 2.57. The van der Waals surface area contributed by atoms with E-state index in [9.17, 15) is 14.7 Å². The number of aromatic carboxylic acids is 1. The van der Waals surface area contributed by atoms with Gasteiger partial charge in [0.15, 0.2) is 11.2 Å². The zero-order valence-corrected chi connectivity index (χ0v) is 14.4. The standard InChI is InChI=1S/C18H14BrNO4/c1-10-14(18(22)23)20-15-12(16(10)21)7-8-13(19)17(15)24-9-11-5-3-2-4-6-11/h2-8H,9H2,1H3,(H,20,21)(H,22,23). The lowest BCUT2D eigenvalue weighted by Gasteiger charge is -2.13. The molecule has 2 aromatic carbocycles. The lowest BCUT2D eigenvalue weighted by Crippen LogP contribution is -2.16. The molecule has 122 valence electrons. The molecule has 0 aliphatic rings. The number of rotatable bonds is 4. The molecule has 0 spiro atoms. The Kier molecular flexibility index (Phi) is 4.40. The number of nitrogens with one attached hydrogen (secondary N) is 1. The maximum absolute atomic E-state index is 12.4. The highest BCUT2D eigenvalue weighted by atomic mass is 79.9. The lowest BCUT2D eigenvalue weighted by atomic mass is 10.1. The van der Waals surface area contributed by atoms with Gasteiger partial charge in [-0.25, -0.2) is 4.79 Å². The molecule has 3 rings (SSSR count). The normalized spacial score (nSPS) is 10.8. The number of hydrogen-bond donors (Lipinski definition) is 2. The minimum Gasteiger partial charge on any atom is -0.486 e. The van der Waals surface area contributed by atoms with E-state index in [0.29, 0.717) is 27.7 Å². The van der Waals surface area contributed by atoms with Crippen LogP contribution in [-0.4, -0.2) is 16.1 Å². The summed E-state index contributed by atoms with van der Waals surface area (Å²) < 4.78 is 6.50. The molecule has 0 atom stereocenters. The van der Waals surface area contributed by atoms with Crippen molar-refractivity contribution < 1.29 is 14.6 Å². The highest BCUT2D eigenvalue weighted by molar-refractivity contribution is 9.10. The summed E-state index contributed by atoms with van der Waals surface area (Å²) in [6.45, 7) is 1.80. The number of halogens is 1. The van der Waals surface area contributed by atoms with Crippen molar-refractivity contribution in [2.75, 3.05) is 0 Å². The van der Waals surface area contributed by atoms with Crippen molar-refractivity contribution in [3.8, 4) is 5.75 Å². The van der Waals surface area contributed by atoms with Crippen LogP contribution in [0.25, 0.3) is 10.9 Å². The van der Waals surface area contributed by atoms with Crippen LogP contribution in [0.2, 0.25) is 0 Å². The summed E-state index contributed by atoms with van der Waals surface area (Å²) in [6, 6.07) is 12.9. The molecule has 0 unspecified atom stereocenters. The number of aromatic nitrogens is 1. The summed E-state index contributed by atoms with van der Waals surface area (Å²) >= 11 is 3.40. The van der Waals surface area contributed by atoms with Crippen molar-refractivity contribution in [3.63, 3.8) is 0 Å². The SMILES string of the molecule is Cc1c(C(=O)O)[nH]c2c(OCc3ccccc3)c(Br)ccc2c1=O. The third-order valence-corrected chi connectivity index (χ3v) is 4.38. The number of benzene rings is 2. The van der Waals surface area contributed by atoms with Gasteiger partial charge in [0.25, 0.3) is 0 Å². The molecule has 1 aromatic heterocycles. The number of carboxylic acid groups (broad SMARTS) is 1. The second-order valence-corrected chi connectivity index (χ2v) is 6.19. The zero-order valence-electron chi connectivity index (χ0n) is 12.8. The Morgan fingerprint density at radius 2 is 1.92 bits per heavy atom. The topological polar surface area (TPSA) is 79.4 Å². The average molecular weight is 388 g/mol. The van der Waals surface area contributed by atoms with Gasteiger partial charge < -0.3 is 14.8 Å².